The van der Waals surface area contributed by atoms with Gasteiger partial charge in [-0.1, -0.05) is 32.0 Å². The molecule has 0 unspecified atom stereocenters. The van der Waals surface area contributed by atoms with Crippen LogP contribution in [0.15, 0.2) is 42.7 Å². The van der Waals surface area contributed by atoms with E-state index in [1.54, 1.807) is 24.5 Å². The number of anilines is 1. The Morgan fingerprint density at radius 3 is 2.30 bits per heavy atom. The van der Waals surface area contributed by atoms with Gasteiger partial charge in [0.1, 0.15) is 0 Å². The van der Waals surface area contributed by atoms with Gasteiger partial charge in [-0.25, -0.2) is 0 Å². The van der Waals surface area contributed by atoms with Gasteiger partial charge in [0.05, 0.1) is 5.56 Å². The quantitative estimate of drug-likeness (QED) is 0.879. The van der Waals surface area contributed by atoms with Gasteiger partial charge in [-0.3, -0.25) is 14.6 Å². The number of aromatic nitrogens is 1. The first-order valence-corrected chi connectivity index (χ1v) is 9.75. The zero-order chi connectivity index (χ0) is 19.2. The van der Waals surface area contributed by atoms with Gasteiger partial charge in [0.2, 0.25) is 5.91 Å². The van der Waals surface area contributed by atoms with Crippen molar-refractivity contribution < 1.29 is 9.59 Å². The van der Waals surface area contributed by atoms with E-state index in [0.717, 1.165) is 18.5 Å². The maximum Gasteiger partial charge on any atom is 0.255 e. The summed E-state index contributed by atoms with van der Waals surface area (Å²) in [4.78, 5) is 31.2. The zero-order valence-electron chi connectivity index (χ0n) is 16.1. The molecule has 1 N–H and O–H groups in total. The Balaban J connectivity index is 1.62. The number of nitrogens with zero attached hydrogens (tertiary/aromatic N) is 2. The molecule has 142 valence electrons. The number of rotatable bonds is 5. The molecule has 1 aromatic heterocycles. The number of para-hydroxylation sites is 1. The van der Waals surface area contributed by atoms with Gasteiger partial charge in [0.25, 0.3) is 5.91 Å². The Kier molecular flexibility index (Phi) is 6.22. The Hall–Kier alpha value is -2.69. The average Bonchev–Trinajstić information content (AvgIpc) is 2.74. The van der Waals surface area contributed by atoms with Crippen LogP contribution in [0.4, 0.5) is 5.69 Å². The fourth-order valence-corrected chi connectivity index (χ4v) is 3.64. The lowest BCUT2D eigenvalue weighted by Gasteiger charge is -2.31. The van der Waals surface area contributed by atoms with Gasteiger partial charge in [-0.05, 0) is 48.9 Å². The number of nitrogens with one attached hydrogen (secondary N) is 1. The van der Waals surface area contributed by atoms with Gasteiger partial charge in [-0.2, -0.15) is 0 Å². The van der Waals surface area contributed by atoms with E-state index in [1.165, 1.54) is 11.1 Å². The summed E-state index contributed by atoms with van der Waals surface area (Å²) in [6.07, 6.45) is 6.41. The largest absolute Gasteiger partial charge is 0.339 e. The molecule has 0 spiro atoms. The number of carbonyl (C=O) groups is 2. The van der Waals surface area contributed by atoms with E-state index in [-0.39, 0.29) is 17.7 Å². The van der Waals surface area contributed by atoms with E-state index >= 15 is 0 Å². The van der Waals surface area contributed by atoms with Crippen LogP contribution in [-0.4, -0.2) is 34.8 Å². The van der Waals surface area contributed by atoms with Crippen molar-refractivity contribution in [2.45, 2.75) is 39.5 Å². The minimum atomic E-state index is -0.0578. The average molecular weight is 365 g/mol. The fourth-order valence-electron chi connectivity index (χ4n) is 3.64. The summed E-state index contributed by atoms with van der Waals surface area (Å²) in [6.45, 7) is 5.41. The van der Waals surface area contributed by atoms with Crippen LogP contribution < -0.4 is 5.32 Å². The molecule has 1 fully saturated rings. The summed E-state index contributed by atoms with van der Waals surface area (Å²) < 4.78 is 0. The van der Waals surface area contributed by atoms with Crippen LogP contribution in [0, 0.1) is 5.92 Å². The molecule has 27 heavy (non-hydrogen) atoms. The molecular weight excluding hydrogens is 338 g/mol. The lowest BCUT2D eigenvalue weighted by Crippen LogP contribution is -2.41. The lowest BCUT2D eigenvalue weighted by atomic mass is 9.94. The lowest BCUT2D eigenvalue weighted by molar-refractivity contribution is -0.121. The number of carbonyl (C=O) groups excluding carboxylic acids is 2. The minimum absolute atomic E-state index is 0.00782. The molecule has 2 aromatic rings. The van der Waals surface area contributed by atoms with Crippen molar-refractivity contribution in [3.8, 4) is 0 Å². The summed E-state index contributed by atoms with van der Waals surface area (Å²) >= 11 is 0. The molecule has 1 aromatic carbocycles. The molecule has 1 aliphatic heterocycles. The highest BCUT2D eigenvalue weighted by Gasteiger charge is 2.28. The number of amides is 2. The smallest absolute Gasteiger partial charge is 0.255 e. The first-order chi connectivity index (χ1) is 13.1. The van der Waals surface area contributed by atoms with Gasteiger partial charge < -0.3 is 10.2 Å². The summed E-state index contributed by atoms with van der Waals surface area (Å²) in [6, 6.07) is 9.75. The topological polar surface area (TPSA) is 62.3 Å². The third-order valence-corrected chi connectivity index (χ3v) is 5.31. The molecule has 0 atom stereocenters. The summed E-state index contributed by atoms with van der Waals surface area (Å²) in [5, 5.41) is 3.17. The van der Waals surface area contributed by atoms with Crippen molar-refractivity contribution in [2.24, 2.45) is 5.92 Å². The van der Waals surface area contributed by atoms with Crippen LogP contribution in [-0.2, 0) is 17.6 Å². The third-order valence-electron chi connectivity index (χ3n) is 5.31. The summed E-state index contributed by atoms with van der Waals surface area (Å²) in [5.74, 6) is 0.00296. The van der Waals surface area contributed by atoms with Crippen LogP contribution in [0.3, 0.4) is 0 Å². The van der Waals surface area contributed by atoms with Crippen molar-refractivity contribution >= 4 is 17.5 Å². The molecule has 5 nitrogen and oxygen atoms in total. The minimum Gasteiger partial charge on any atom is -0.339 e. The van der Waals surface area contributed by atoms with E-state index in [2.05, 4.69) is 42.3 Å². The summed E-state index contributed by atoms with van der Waals surface area (Å²) in [5.41, 5.74) is 3.92. The molecule has 2 heterocycles. The second-order valence-electron chi connectivity index (χ2n) is 6.96. The van der Waals surface area contributed by atoms with E-state index in [4.69, 9.17) is 0 Å². The van der Waals surface area contributed by atoms with Gasteiger partial charge in [0, 0.05) is 37.1 Å². The van der Waals surface area contributed by atoms with Crippen molar-refractivity contribution in [1.29, 1.82) is 0 Å². The molecule has 0 saturated carbocycles. The molecule has 3 rings (SSSR count). The van der Waals surface area contributed by atoms with Crippen LogP contribution in [0.5, 0.6) is 0 Å². The van der Waals surface area contributed by atoms with Crippen LogP contribution in [0.1, 0.15) is 48.2 Å². The fraction of sp³-hybridized carbons (Fsp3) is 0.409. The predicted molar refractivity (Wildman–Crippen MR) is 107 cm³/mol. The highest BCUT2D eigenvalue weighted by Crippen LogP contribution is 2.26. The van der Waals surface area contributed by atoms with Crippen LogP contribution in [0.2, 0.25) is 0 Å². The molecule has 1 aliphatic rings. The standard InChI is InChI=1S/C22H27N3O2/c1-3-16-7-5-8-17(4-2)20(16)24-21(26)18-10-13-25(14-11-18)22(27)19-9-6-12-23-15-19/h5-9,12,15,18H,3-4,10-11,13-14H2,1-2H3,(H,24,26). The maximum atomic E-state index is 12.8. The number of hydrogen-bond acceptors (Lipinski definition) is 3. The first-order valence-electron chi connectivity index (χ1n) is 9.75. The zero-order valence-corrected chi connectivity index (χ0v) is 16.1. The Labute approximate surface area is 160 Å². The molecule has 1 saturated heterocycles. The predicted octanol–water partition coefficient (Wildman–Crippen LogP) is 3.70. The number of hydrogen-bond donors (Lipinski definition) is 1. The molecule has 5 heteroatoms. The van der Waals surface area contributed by atoms with Crippen molar-refractivity contribution in [2.75, 3.05) is 18.4 Å². The van der Waals surface area contributed by atoms with Crippen LogP contribution in [0.25, 0.3) is 0 Å². The molecule has 0 radical (unpaired) electrons. The second kappa shape index (κ2) is 8.80. The first kappa shape index (κ1) is 19.1. The molecule has 2 amide bonds. The van der Waals surface area contributed by atoms with Crippen LogP contribution >= 0.6 is 0 Å². The number of pyridine rings is 1. The molecule has 0 aliphatic carbocycles. The van der Waals surface area contributed by atoms with Crippen molar-refractivity contribution in [3.05, 3.63) is 59.4 Å². The highest BCUT2D eigenvalue weighted by molar-refractivity contribution is 5.95. The number of benzene rings is 1. The highest BCUT2D eigenvalue weighted by atomic mass is 16.2. The van der Waals surface area contributed by atoms with E-state index in [1.807, 2.05) is 4.90 Å². The van der Waals surface area contributed by atoms with Crippen molar-refractivity contribution in [3.63, 3.8) is 0 Å². The van der Waals surface area contributed by atoms with E-state index in [0.29, 0.717) is 31.5 Å². The Morgan fingerprint density at radius 1 is 1.07 bits per heavy atom. The SMILES string of the molecule is CCc1cccc(CC)c1NC(=O)C1CCN(C(=O)c2cccnc2)CC1. The maximum absolute atomic E-state index is 12.8. The molecular formula is C22H27N3O2. The van der Waals surface area contributed by atoms with Gasteiger partial charge >= 0.3 is 0 Å². The van der Waals surface area contributed by atoms with Gasteiger partial charge in [0.15, 0.2) is 0 Å². The van der Waals surface area contributed by atoms with Gasteiger partial charge in [-0.15, -0.1) is 0 Å². The van der Waals surface area contributed by atoms with E-state index < -0.39 is 0 Å². The normalized spacial score (nSPS) is 14.8. The number of piperidine rings is 1. The molecule has 0 bridgehead atoms. The monoisotopic (exact) mass is 365 g/mol. The third kappa shape index (κ3) is 4.35. The number of likely N-dealkylation sites (tertiary alicyclic amines) is 1. The summed E-state index contributed by atoms with van der Waals surface area (Å²) in [7, 11) is 0. The van der Waals surface area contributed by atoms with E-state index in [9.17, 15) is 9.59 Å². The second-order valence-corrected chi connectivity index (χ2v) is 6.96. The Bertz CT molecular complexity index is 774. The Morgan fingerprint density at radius 2 is 1.74 bits per heavy atom. The number of aryl methyl sites for hydroxylation is 2. The van der Waals surface area contributed by atoms with Crippen molar-refractivity contribution in [1.82, 2.24) is 9.88 Å².